The minimum absolute atomic E-state index is 0.103. The van der Waals surface area contributed by atoms with Crippen molar-refractivity contribution in [2.75, 3.05) is 13.1 Å². The molecule has 0 radical (unpaired) electrons. The maximum atomic E-state index is 12.4. The third kappa shape index (κ3) is 3.05. The number of piperidine rings is 1. The Hall–Kier alpha value is -1.30. The highest BCUT2D eigenvalue weighted by Gasteiger charge is 2.52. The summed E-state index contributed by atoms with van der Waals surface area (Å²) in [5, 5.41) is 6.24. The zero-order valence-electron chi connectivity index (χ0n) is 13.8. The molecule has 4 bridgehead atoms. The number of hydrogen-bond acceptors (Lipinski definition) is 3. The Kier molecular flexibility index (Phi) is 3.75. The number of amides is 3. The molecule has 2 aliphatic carbocycles. The van der Waals surface area contributed by atoms with Gasteiger partial charge >= 0.3 is 6.03 Å². The summed E-state index contributed by atoms with van der Waals surface area (Å²) >= 11 is 0. The lowest BCUT2D eigenvalue weighted by Gasteiger charge is -2.56. The Labute approximate surface area is 137 Å². The van der Waals surface area contributed by atoms with Crippen LogP contribution in [0.3, 0.4) is 0 Å². The molecule has 0 aromatic heterocycles. The van der Waals surface area contributed by atoms with Crippen molar-refractivity contribution in [3.63, 3.8) is 0 Å². The van der Waals surface area contributed by atoms with Gasteiger partial charge in [0.05, 0.1) is 6.10 Å². The molecule has 6 heteroatoms. The minimum Gasteiger partial charge on any atom is -0.352 e. The van der Waals surface area contributed by atoms with Crippen LogP contribution in [0.5, 0.6) is 0 Å². The molecule has 128 valence electrons. The average Bonchev–Trinajstić information content (AvgIpc) is 2.45. The molecule has 0 spiro atoms. The van der Waals surface area contributed by atoms with Gasteiger partial charge in [0.1, 0.15) is 5.72 Å². The quantitative estimate of drug-likeness (QED) is 0.811. The van der Waals surface area contributed by atoms with Gasteiger partial charge in [0.15, 0.2) is 0 Å². The first-order valence-corrected chi connectivity index (χ1v) is 9.03. The molecule has 2 N–H and O–H groups in total. The SMILES string of the molecule is CC(=O)N1CCC(NC(=O)NC23CC4CC(C[C@H](C4)C2)O3)CC1. The fourth-order valence-electron chi connectivity index (χ4n) is 5.26. The monoisotopic (exact) mass is 321 g/mol. The van der Waals surface area contributed by atoms with Gasteiger partial charge in [-0.15, -0.1) is 0 Å². The molecule has 2 saturated carbocycles. The topological polar surface area (TPSA) is 70.7 Å². The van der Waals surface area contributed by atoms with E-state index in [9.17, 15) is 9.59 Å². The van der Waals surface area contributed by atoms with Crippen LogP contribution in [-0.2, 0) is 9.53 Å². The van der Waals surface area contributed by atoms with Crippen LogP contribution in [0.2, 0.25) is 0 Å². The maximum absolute atomic E-state index is 12.4. The average molecular weight is 321 g/mol. The first kappa shape index (κ1) is 15.2. The molecule has 0 aromatic rings. The lowest BCUT2D eigenvalue weighted by molar-refractivity contribution is -0.228. The highest BCUT2D eigenvalue weighted by atomic mass is 16.5. The summed E-state index contributed by atoms with van der Waals surface area (Å²) in [7, 11) is 0. The van der Waals surface area contributed by atoms with Crippen LogP contribution >= 0.6 is 0 Å². The van der Waals surface area contributed by atoms with Crippen molar-refractivity contribution >= 4 is 11.9 Å². The third-order valence-corrected chi connectivity index (χ3v) is 6.11. The van der Waals surface area contributed by atoms with E-state index in [1.54, 1.807) is 6.92 Å². The van der Waals surface area contributed by atoms with Crippen LogP contribution in [-0.4, -0.2) is 47.8 Å². The standard InChI is InChI=1S/C17H27N3O3/c1-11(21)20-4-2-14(3-5-20)18-16(22)19-17-9-12-6-13(10-17)8-15(7-12)23-17/h12-15H,2-10H2,1H3,(H2,18,19,22)/t12-,13?,15?,17?/m0/s1. The molecule has 3 heterocycles. The molecular formula is C17H27N3O3. The molecular weight excluding hydrogens is 294 g/mol. The number of hydrogen-bond donors (Lipinski definition) is 2. The van der Waals surface area contributed by atoms with Gasteiger partial charge in [-0.1, -0.05) is 0 Å². The number of nitrogens with one attached hydrogen (secondary N) is 2. The van der Waals surface area contributed by atoms with E-state index in [-0.39, 0.29) is 18.0 Å². The molecule has 3 saturated heterocycles. The lowest BCUT2D eigenvalue weighted by atomic mass is 9.65. The predicted octanol–water partition coefficient (Wildman–Crippen LogP) is 1.60. The van der Waals surface area contributed by atoms with Crippen molar-refractivity contribution in [2.24, 2.45) is 11.8 Å². The highest BCUT2D eigenvalue weighted by Crippen LogP contribution is 2.51. The fraction of sp³-hybridized carbons (Fsp3) is 0.882. The zero-order valence-corrected chi connectivity index (χ0v) is 13.8. The number of ether oxygens (including phenoxy) is 1. The van der Waals surface area contributed by atoms with Gasteiger partial charge in [-0.05, 0) is 56.8 Å². The number of carbonyl (C=O) groups is 2. The van der Waals surface area contributed by atoms with Crippen LogP contribution in [0.15, 0.2) is 0 Å². The molecule has 5 aliphatic rings. The molecule has 6 nitrogen and oxygen atoms in total. The van der Waals surface area contributed by atoms with E-state index in [2.05, 4.69) is 10.6 Å². The van der Waals surface area contributed by atoms with E-state index in [1.165, 1.54) is 19.3 Å². The van der Waals surface area contributed by atoms with Gasteiger partial charge in [0.25, 0.3) is 0 Å². The maximum Gasteiger partial charge on any atom is 0.317 e. The van der Waals surface area contributed by atoms with Crippen molar-refractivity contribution in [3.8, 4) is 0 Å². The number of carbonyl (C=O) groups excluding carboxylic acids is 2. The lowest BCUT2D eigenvalue weighted by Crippen LogP contribution is -2.65. The van der Waals surface area contributed by atoms with Crippen LogP contribution < -0.4 is 10.6 Å². The van der Waals surface area contributed by atoms with E-state index in [0.29, 0.717) is 6.10 Å². The normalized spacial score (nSPS) is 39.3. The van der Waals surface area contributed by atoms with Gasteiger partial charge in [0, 0.05) is 26.1 Å². The summed E-state index contributed by atoms with van der Waals surface area (Å²) < 4.78 is 6.19. The Bertz CT molecular complexity index is 464. The molecule has 5 rings (SSSR count). The molecule has 3 unspecified atom stereocenters. The Morgan fingerprint density at radius 1 is 1.09 bits per heavy atom. The van der Waals surface area contributed by atoms with E-state index < -0.39 is 5.72 Å². The smallest absolute Gasteiger partial charge is 0.317 e. The second kappa shape index (κ2) is 5.65. The van der Waals surface area contributed by atoms with E-state index >= 15 is 0 Å². The molecule has 5 fully saturated rings. The molecule has 0 aromatic carbocycles. The van der Waals surface area contributed by atoms with Gasteiger partial charge < -0.3 is 20.3 Å². The second-order valence-corrected chi connectivity index (χ2v) is 7.96. The zero-order chi connectivity index (χ0) is 16.0. The van der Waals surface area contributed by atoms with Gasteiger partial charge in [-0.25, -0.2) is 4.79 Å². The van der Waals surface area contributed by atoms with Crippen LogP contribution in [0.25, 0.3) is 0 Å². The number of likely N-dealkylation sites (tertiary alicyclic amines) is 1. The summed E-state index contributed by atoms with van der Waals surface area (Å²) in [5.74, 6) is 1.57. The van der Waals surface area contributed by atoms with Gasteiger partial charge in [-0.2, -0.15) is 0 Å². The van der Waals surface area contributed by atoms with Gasteiger partial charge in [0.2, 0.25) is 5.91 Å². The first-order chi connectivity index (χ1) is 11.0. The van der Waals surface area contributed by atoms with Crippen molar-refractivity contribution in [3.05, 3.63) is 0 Å². The van der Waals surface area contributed by atoms with E-state index in [1.807, 2.05) is 4.90 Å². The van der Waals surface area contributed by atoms with Crippen molar-refractivity contribution < 1.29 is 14.3 Å². The Balaban J connectivity index is 1.30. The summed E-state index contributed by atoms with van der Waals surface area (Å²) in [6, 6.07) is 0.0488. The fourth-order valence-corrected chi connectivity index (χ4v) is 5.26. The number of rotatable bonds is 2. The Morgan fingerprint density at radius 2 is 1.74 bits per heavy atom. The van der Waals surface area contributed by atoms with E-state index in [4.69, 9.17) is 4.74 Å². The predicted molar refractivity (Wildman–Crippen MR) is 84.6 cm³/mol. The van der Waals surface area contributed by atoms with E-state index in [0.717, 1.165) is 50.6 Å². The largest absolute Gasteiger partial charge is 0.352 e. The Morgan fingerprint density at radius 3 is 2.30 bits per heavy atom. The minimum atomic E-state index is -0.418. The molecule has 23 heavy (non-hydrogen) atoms. The van der Waals surface area contributed by atoms with Crippen LogP contribution in [0.4, 0.5) is 4.79 Å². The third-order valence-electron chi connectivity index (χ3n) is 6.11. The number of urea groups is 1. The van der Waals surface area contributed by atoms with Crippen molar-refractivity contribution in [1.82, 2.24) is 15.5 Å². The summed E-state index contributed by atoms with van der Waals surface area (Å²) in [6.07, 6.45) is 7.60. The first-order valence-electron chi connectivity index (χ1n) is 9.03. The van der Waals surface area contributed by atoms with Crippen molar-refractivity contribution in [1.29, 1.82) is 0 Å². The van der Waals surface area contributed by atoms with Gasteiger partial charge in [-0.3, -0.25) is 4.79 Å². The van der Waals surface area contributed by atoms with Crippen molar-refractivity contribution in [2.45, 2.75) is 69.7 Å². The summed E-state index contributed by atoms with van der Waals surface area (Å²) in [5.41, 5.74) is -0.418. The summed E-state index contributed by atoms with van der Waals surface area (Å²) in [6.45, 7) is 3.06. The molecule has 4 atom stereocenters. The number of nitrogens with zero attached hydrogens (tertiary/aromatic N) is 1. The second-order valence-electron chi connectivity index (χ2n) is 7.96. The van der Waals surface area contributed by atoms with Crippen LogP contribution in [0.1, 0.15) is 51.9 Å². The molecule has 3 aliphatic heterocycles. The highest BCUT2D eigenvalue weighted by molar-refractivity contribution is 5.75. The summed E-state index contributed by atoms with van der Waals surface area (Å²) in [4.78, 5) is 25.6. The van der Waals surface area contributed by atoms with Crippen LogP contribution in [0, 0.1) is 11.8 Å². The molecule has 3 amide bonds.